The van der Waals surface area contributed by atoms with Gasteiger partial charge in [0.2, 0.25) is 0 Å². The van der Waals surface area contributed by atoms with Gasteiger partial charge in [-0.25, -0.2) is 0 Å². The van der Waals surface area contributed by atoms with Crippen LogP contribution in [0.3, 0.4) is 0 Å². The fourth-order valence-electron chi connectivity index (χ4n) is 1.99. The van der Waals surface area contributed by atoms with Gasteiger partial charge in [-0.2, -0.15) is 0 Å². The van der Waals surface area contributed by atoms with E-state index in [9.17, 15) is 0 Å². The second-order valence-corrected chi connectivity index (χ2v) is 4.70. The van der Waals surface area contributed by atoms with Gasteiger partial charge in [0.15, 0.2) is 0 Å². The molecular formula is C14H21N3. The average Bonchev–Trinajstić information content (AvgIpc) is 2.39. The molecule has 1 aliphatic rings. The topological polar surface area (TPSA) is 28.2 Å². The molecule has 0 amide bonds. The van der Waals surface area contributed by atoms with Crippen LogP contribution in [0.5, 0.6) is 0 Å². The van der Waals surface area contributed by atoms with Crippen LogP contribution in [0.2, 0.25) is 0 Å². The molecule has 92 valence electrons. The summed E-state index contributed by atoms with van der Waals surface area (Å²) >= 11 is 0. The lowest BCUT2D eigenvalue weighted by Crippen LogP contribution is -2.28. The van der Waals surface area contributed by atoms with Gasteiger partial charge in [0.1, 0.15) is 0 Å². The van der Waals surface area contributed by atoms with Gasteiger partial charge in [-0.05, 0) is 39.4 Å². The molecule has 0 fully saturated rings. The minimum atomic E-state index is 0.313. The Labute approximate surface area is 104 Å². The standard InChI is InChI=1S/C14H21N3/c1-11-6-8-17(9-7-11)13-4-5-14(16-10-13)12(2)15-3/h4-6,10,12,15H,7-9H2,1-3H3. The number of nitrogens with one attached hydrogen (secondary N) is 1. The van der Waals surface area contributed by atoms with Gasteiger partial charge in [0.05, 0.1) is 17.6 Å². The SMILES string of the molecule is CNC(C)c1ccc(N2CC=C(C)CC2)cn1. The van der Waals surface area contributed by atoms with Gasteiger partial charge in [0, 0.05) is 19.1 Å². The first-order chi connectivity index (χ1) is 8.20. The first-order valence-corrected chi connectivity index (χ1v) is 6.24. The average molecular weight is 231 g/mol. The Bertz CT molecular complexity index is 394. The summed E-state index contributed by atoms with van der Waals surface area (Å²) in [6.07, 6.45) is 5.44. The van der Waals surface area contributed by atoms with Crippen molar-refractivity contribution < 1.29 is 0 Å². The minimum absolute atomic E-state index is 0.313. The Morgan fingerprint density at radius 1 is 1.41 bits per heavy atom. The Morgan fingerprint density at radius 3 is 2.76 bits per heavy atom. The van der Waals surface area contributed by atoms with Crippen LogP contribution >= 0.6 is 0 Å². The third-order valence-corrected chi connectivity index (χ3v) is 3.45. The number of hydrogen-bond acceptors (Lipinski definition) is 3. The molecule has 0 bridgehead atoms. The molecular weight excluding hydrogens is 210 g/mol. The van der Waals surface area contributed by atoms with Gasteiger partial charge < -0.3 is 10.2 Å². The zero-order valence-electron chi connectivity index (χ0n) is 10.9. The van der Waals surface area contributed by atoms with Crippen molar-refractivity contribution >= 4 is 5.69 Å². The highest BCUT2D eigenvalue weighted by atomic mass is 15.1. The van der Waals surface area contributed by atoms with E-state index in [1.807, 2.05) is 13.2 Å². The Kier molecular flexibility index (Phi) is 3.79. The summed E-state index contributed by atoms with van der Waals surface area (Å²) in [5.41, 5.74) is 3.82. The molecule has 1 N–H and O–H groups in total. The number of anilines is 1. The second-order valence-electron chi connectivity index (χ2n) is 4.70. The Hall–Kier alpha value is -1.35. The van der Waals surface area contributed by atoms with Crippen LogP contribution < -0.4 is 10.2 Å². The van der Waals surface area contributed by atoms with Crippen LogP contribution in [0, 0.1) is 0 Å². The first kappa shape index (κ1) is 12.1. The lowest BCUT2D eigenvalue weighted by atomic mass is 10.1. The van der Waals surface area contributed by atoms with Gasteiger partial charge in [-0.1, -0.05) is 11.6 Å². The van der Waals surface area contributed by atoms with Crippen LogP contribution in [-0.2, 0) is 0 Å². The largest absolute Gasteiger partial charge is 0.366 e. The minimum Gasteiger partial charge on any atom is -0.366 e. The number of aromatic nitrogens is 1. The van der Waals surface area contributed by atoms with Crippen molar-refractivity contribution in [2.24, 2.45) is 0 Å². The number of nitrogens with zero attached hydrogens (tertiary/aromatic N) is 2. The van der Waals surface area contributed by atoms with E-state index < -0.39 is 0 Å². The summed E-state index contributed by atoms with van der Waals surface area (Å²) < 4.78 is 0. The maximum absolute atomic E-state index is 4.52. The molecule has 1 aliphatic heterocycles. The molecule has 1 aromatic heterocycles. The van der Waals surface area contributed by atoms with Gasteiger partial charge in [-0.3, -0.25) is 4.98 Å². The molecule has 2 rings (SSSR count). The zero-order chi connectivity index (χ0) is 12.3. The molecule has 3 nitrogen and oxygen atoms in total. The summed E-state index contributed by atoms with van der Waals surface area (Å²) in [4.78, 5) is 6.89. The summed E-state index contributed by atoms with van der Waals surface area (Å²) in [6, 6.07) is 4.60. The molecule has 0 aliphatic carbocycles. The molecule has 3 heteroatoms. The maximum Gasteiger partial charge on any atom is 0.0571 e. The first-order valence-electron chi connectivity index (χ1n) is 6.24. The fourth-order valence-corrected chi connectivity index (χ4v) is 1.99. The van der Waals surface area contributed by atoms with Crippen LogP contribution in [0.4, 0.5) is 5.69 Å². The van der Waals surface area contributed by atoms with E-state index in [2.05, 4.69) is 47.3 Å². The van der Waals surface area contributed by atoms with Crippen molar-refractivity contribution in [3.05, 3.63) is 35.7 Å². The molecule has 2 heterocycles. The smallest absolute Gasteiger partial charge is 0.0571 e. The highest BCUT2D eigenvalue weighted by molar-refractivity contribution is 5.46. The van der Waals surface area contributed by atoms with E-state index in [0.717, 1.165) is 25.2 Å². The lowest BCUT2D eigenvalue weighted by molar-refractivity contribution is 0.632. The summed E-state index contributed by atoms with van der Waals surface area (Å²) in [5.74, 6) is 0. The predicted octanol–water partition coefficient (Wildman–Crippen LogP) is 2.52. The van der Waals surface area contributed by atoms with Crippen LogP contribution in [0.1, 0.15) is 32.0 Å². The van der Waals surface area contributed by atoms with E-state index in [4.69, 9.17) is 0 Å². The normalized spacial score (nSPS) is 17.8. The molecule has 0 spiro atoms. The predicted molar refractivity (Wildman–Crippen MR) is 72.3 cm³/mol. The van der Waals surface area contributed by atoms with E-state index >= 15 is 0 Å². The van der Waals surface area contributed by atoms with Crippen molar-refractivity contribution in [3.63, 3.8) is 0 Å². The van der Waals surface area contributed by atoms with Crippen molar-refractivity contribution in [1.82, 2.24) is 10.3 Å². The lowest BCUT2D eigenvalue weighted by Gasteiger charge is -2.27. The molecule has 1 unspecified atom stereocenters. The molecule has 0 aromatic carbocycles. The Morgan fingerprint density at radius 2 is 2.24 bits per heavy atom. The van der Waals surface area contributed by atoms with E-state index in [-0.39, 0.29) is 0 Å². The monoisotopic (exact) mass is 231 g/mol. The molecule has 0 saturated heterocycles. The quantitative estimate of drug-likeness (QED) is 0.810. The van der Waals surface area contributed by atoms with Crippen molar-refractivity contribution in [2.75, 3.05) is 25.0 Å². The molecule has 1 aromatic rings. The van der Waals surface area contributed by atoms with Crippen LogP contribution in [0.25, 0.3) is 0 Å². The maximum atomic E-state index is 4.52. The number of hydrogen-bond donors (Lipinski definition) is 1. The molecule has 0 radical (unpaired) electrons. The van der Waals surface area contributed by atoms with Gasteiger partial charge >= 0.3 is 0 Å². The summed E-state index contributed by atoms with van der Waals surface area (Å²) in [7, 11) is 1.96. The third-order valence-electron chi connectivity index (χ3n) is 3.45. The van der Waals surface area contributed by atoms with Crippen molar-refractivity contribution in [1.29, 1.82) is 0 Å². The molecule has 1 atom stereocenters. The third kappa shape index (κ3) is 2.86. The van der Waals surface area contributed by atoms with Crippen molar-refractivity contribution in [3.8, 4) is 0 Å². The van der Waals surface area contributed by atoms with Crippen molar-refractivity contribution in [2.45, 2.75) is 26.3 Å². The summed E-state index contributed by atoms with van der Waals surface area (Å²) in [5, 5.41) is 3.20. The summed E-state index contributed by atoms with van der Waals surface area (Å²) in [6.45, 7) is 6.43. The molecule has 17 heavy (non-hydrogen) atoms. The highest BCUT2D eigenvalue weighted by Gasteiger charge is 2.11. The Balaban J connectivity index is 2.08. The zero-order valence-corrected chi connectivity index (χ0v) is 10.9. The van der Waals surface area contributed by atoms with Gasteiger partial charge in [0.25, 0.3) is 0 Å². The van der Waals surface area contributed by atoms with Crippen LogP contribution in [0.15, 0.2) is 30.0 Å². The highest BCUT2D eigenvalue weighted by Crippen LogP contribution is 2.20. The number of rotatable bonds is 3. The van der Waals surface area contributed by atoms with E-state index in [1.165, 1.54) is 11.3 Å². The van der Waals surface area contributed by atoms with E-state index in [0.29, 0.717) is 6.04 Å². The van der Waals surface area contributed by atoms with E-state index in [1.54, 1.807) is 0 Å². The number of pyridine rings is 1. The van der Waals surface area contributed by atoms with Crippen LogP contribution in [-0.4, -0.2) is 25.1 Å². The van der Waals surface area contributed by atoms with Gasteiger partial charge in [-0.15, -0.1) is 0 Å². The molecule has 0 saturated carbocycles. The fraction of sp³-hybridized carbons (Fsp3) is 0.500. The second kappa shape index (κ2) is 5.32.